The molecular weight excluding hydrogens is 322 g/mol. The lowest BCUT2D eigenvalue weighted by molar-refractivity contribution is -0.122. The van der Waals surface area contributed by atoms with Crippen molar-refractivity contribution >= 4 is 11.6 Å². The number of carbonyl (C=O) groups excluding carboxylic acids is 1. The Morgan fingerprint density at radius 2 is 1.92 bits per heavy atom. The Labute approximate surface area is 158 Å². The summed E-state index contributed by atoms with van der Waals surface area (Å²) in [5, 5.41) is 3.20. The van der Waals surface area contributed by atoms with E-state index in [0.29, 0.717) is 23.9 Å². The van der Waals surface area contributed by atoms with Gasteiger partial charge in [0, 0.05) is 31.4 Å². The summed E-state index contributed by atoms with van der Waals surface area (Å²) in [6.45, 7) is 11.5. The molecule has 0 unspecified atom stereocenters. The van der Waals surface area contributed by atoms with Crippen molar-refractivity contribution in [2.45, 2.75) is 52.5 Å². The van der Waals surface area contributed by atoms with Gasteiger partial charge < -0.3 is 10.2 Å². The Kier molecular flexibility index (Phi) is 6.23. The van der Waals surface area contributed by atoms with Gasteiger partial charge in [-0.1, -0.05) is 39.0 Å². The molecule has 1 aromatic rings. The van der Waals surface area contributed by atoms with E-state index in [9.17, 15) is 4.79 Å². The zero-order valence-corrected chi connectivity index (χ0v) is 16.7. The molecule has 4 nitrogen and oxygen atoms in total. The standard InChI is InChI=1S/C22H35N3O/c1-22(2,3)14-20-10-7-12-24(20)17-21(26)23-15-18-11-13-25(16-18)19-8-5-4-6-9-19/h4-6,8-9,18,20H,7,10-17H2,1-3H3,(H,23,26)/t18-,20-/m0/s1. The van der Waals surface area contributed by atoms with Gasteiger partial charge in [-0.2, -0.15) is 0 Å². The summed E-state index contributed by atoms with van der Waals surface area (Å²) in [6, 6.07) is 11.2. The normalized spacial score (nSPS) is 24.2. The lowest BCUT2D eigenvalue weighted by atomic mass is 9.87. The van der Waals surface area contributed by atoms with Crippen LogP contribution in [0.1, 0.15) is 46.5 Å². The van der Waals surface area contributed by atoms with Gasteiger partial charge in [0.05, 0.1) is 6.54 Å². The average Bonchev–Trinajstić information content (AvgIpc) is 3.22. The molecule has 26 heavy (non-hydrogen) atoms. The van der Waals surface area contributed by atoms with Crippen LogP contribution in [0.3, 0.4) is 0 Å². The van der Waals surface area contributed by atoms with Gasteiger partial charge in [0.1, 0.15) is 0 Å². The van der Waals surface area contributed by atoms with Crippen LogP contribution < -0.4 is 10.2 Å². The molecule has 0 aliphatic carbocycles. The van der Waals surface area contributed by atoms with Crippen LogP contribution in [0.15, 0.2) is 30.3 Å². The Bertz CT molecular complexity index is 581. The highest BCUT2D eigenvalue weighted by atomic mass is 16.2. The number of anilines is 1. The molecule has 1 N–H and O–H groups in total. The third kappa shape index (κ3) is 5.47. The van der Waals surface area contributed by atoms with Crippen molar-refractivity contribution in [1.82, 2.24) is 10.2 Å². The zero-order valence-electron chi connectivity index (χ0n) is 16.7. The number of hydrogen-bond donors (Lipinski definition) is 1. The lowest BCUT2D eigenvalue weighted by Crippen LogP contribution is -2.42. The first kappa shape index (κ1) is 19.2. The van der Waals surface area contributed by atoms with Gasteiger partial charge in [-0.15, -0.1) is 0 Å². The Morgan fingerprint density at radius 3 is 2.65 bits per heavy atom. The van der Waals surface area contributed by atoms with E-state index < -0.39 is 0 Å². The van der Waals surface area contributed by atoms with Crippen LogP contribution >= 0.6 is 0 Å². The predicted molar refractivity (Wildman–Crippen MR) is 108 cm³/mol. The van der Waals surface area contributed by atoms with Gasteiger partial charge in [0.15, 0.2) is 0 Å². The summed E-state index contributed by atoms with van der Waals surface area (Å²) >= 11 is 0. The molecule has 4 heteroatoms. The van der Waals surface area contributed by atoms with Crippen molar-refractivity contribution in [2.75, 3.05) is 37.6 Å². The van der Waals surface area contributed by atoms with Gasteiger partial charge in [-0.05, 0) is 55.7 Å². The molecule has 0 saturated carbocycles. The number of nitrogens with zero attached hydrogens (tertiary/aromatic N) is 2. The van der Waals surface area contributed by atoms with Crippen LogP contribution in [0.25, 0.3) is 0 Å². The number of amides is 1. The zero-order chi connectivity index (χ0) is 18.6. The van der Waals surface area contributed by atoms with Crippen molar-refractivity contribution in [3.05, 3.63) is 30.3 Å². The molecule has 2 atom stereocenters. The number of carbonyl (C=O) groups is 1. The van der Waals surface area contributed by atoms with E-state index in [4.69, 9.17) is 0 Å². The minimum atomic E-state index is 0.198. The van der Waals surface area contributed by atoms with E-state index >= 15 is 0 Å². The molecule has 3 rings (SSSR count). The third-order valence-electron chi connectivity index (χ3n) is 5.69. The van der Waals surface area contributed by atoms with Crippen molar-refractivity contribution in [3.63, 3.8) is 0 Å². The van der Waals surface area contributed by atoms with E-state index in [2.05, 4.69) is 66.2 Å². The molecule has 0 radical (unpaired) electrons. The molecule has 2 heterocycles. The van der Waals surface area contributed by atoms with Crippen LogP contribution in [0.2, 0.25) is 0 Å². The summed E-state index contributed by atoms with van der Waals surface area (Å²) in [5.41, 5.74) is 1.62. The van der Waals surface area contributed by atoms with Gasteiger partial charge in [0.2, 0.25) is 5.91 Å². The number of likely N-dealkylation sites (tertiary alicyclic amines) is 1. The fourth-order valence-corrected chi connectivity index (χ4v) is 4.41. The Morgan fingerprint density at radius 1 is 1.15 bits per heavy atom. The molecule has 144 valence electrons. The molecule has 0 spiro atoms. The monoisotopic (exact) mass is 357 g/mol. The van der Waals surface area contributed by atoms with Gasteiger partial charge in [-0.3, -0.25) is 9.69 Å². The van der Waals surface area contributed by atoms with Crippen molar-refractivity contribution in [2.24, 2.45) is 11.3 Å². The Hall–Kier alpha value is -1.55. The first-order valence-corrected chi connectivity index (χ1v) is 10.2. The first-order chi connectivity index (χ1) is 12.4. The SMILES string of the molecule is CC(C)(C)C[C@@H]1CCCN1CC(=O)NC[C@@H]1CCN(c2ccccc2)C1. The maximum atomic E-state index is 12.5. The van der Waals surface area contributed by atoms with Crippen LogP contribution in [0.4, 0.5) is 5.69 Å². The summed E-state index contributed by atoms with van der Waals surface area (Å²) in [7, 11) is 0. The number of nitrogens with one attached hydrogen (secondary N) is 1. The summed E-state index contributed by atoms with van der Waals surface area (Å²) < 4.78 is 0. The maximum absolute atomic E-state index is 12.5. The largest absolute Gasteiger partial charge is 0.371 e. The molecule has 2 saturated heterocycles. The fraction of sp³-hybridized carbons (Fsp3) is 0.682. The highest BCUT2D eigenvalue weighted by Crippen LogP contribution is 2.29. The second-order valence-electron chi connectivity index (χ2n) is 9.27. The second kappa shape index (κ2) is 8.43. The highest BCUT2D eigenvalue weighted by molar-refractivity contribution is 5.78. The van der Waals surface area contributed by atoms with Crippen LogP contribution in [-0.4, -0.2) is 49.6 Å². The van der Waals surface area contributed by atoms with Gasteiger partial charge in [0.25, 0.3) is 0 Å². The van der Waals surface area contributed by atoms with E-state index in [1.54, 1.807) is 0 Å². The van der Waals surface area contributed by atoms with Crippen LogP contribution in [0.5, 0.6) is 0 Å². The molecule has 2 fully saturated rings. The first-order valence-electron chi connectivity index (χ1n) is 10.2. The topological polar surface area (TPSA) is 35.6 Å². The molecule has 2 aliphatic rings. The highest BCUT2D eigenvalue weighted by Gasteiger charge is 2.30. The second-order valence-corrected chi connectivity index (χ2v) is 9.27. The number of para-hydroxylation sites is 1. The number of benzene rings is 1. The van der Waals surface area contributed by atoms with Crippen molar-refractivity contribution in [1.29, 1.82) is 0 Å². The van der Waals surface area contributed by atoms with Gasteiger partial charge >= 0.3 is 0 Å². The predicted octanol–water partition coefficient (Wildman–Crippen LogP) is 3.53. The minimum absolute atomic E-state index is 0.198. The summed E-state index contributed by atoms with van der Waals surface area (Å²) in [6.07, 6.45) is 4.79. The quantitative estimate of drug-likeness (QED) is 0.846. The van der Waals surface area contributed by atoms with Crippen molar-refractivity contribution in [3.8, 4) is 0 Å². The fourth-order valence-electron chi connectivity index (χ4n) is 4.41. The van der Waals surface area contributed by atoms with Crippen molar-refractivity contribution < 1.29 is 4.79 Å². The van der Waals surface area contributed by atoms with E-state index in [1.165, 1.54) is 24.9 Å². The number of rotatable bonds is 6. The van der Waals surface area contributed by atoms with Crippen LogP contribution in [0, 0.1) is 11.3 Å². The minimum Gasteiger partial charge on any atom is -0.371 e. The molecule has 2 aliphatic heterocycles. The van der Waals surface area contributed by atoms with E-state index in [1.807, 2.05) is 0 Å². The molecule has 1 amide bonds. The van der Waals surface area contributed by atoms with E-state index in [-0.39, 0.29) is 5.91 Å². The molecular formula is C22H35N3O. The molecule has 0 bridgehead atoms. The smallest absolute Gasteiger partial charge is 0.234 e. The average molecular weight is 358 g/mol. The van der Waals surface area contributed by atoms with E-state index in [0.717, 1.165) is 32.6 Å². The third-order valence-corrected chi connectivity index (χ3v) is 5.69. The number of hydrogen-bond acceptors (Lipinski definition) is 3. The van der Waals surface area contributed by atoms with Crippen LogP contribution in [-0.2, 0) is 4.79 Å². The Balaban J connectivity index is 1.40. The summed E-state index contributed by atoms with van der Waals surface area (Å²) in [4.78, 5) is 17.3. The van der Waals surface area contributed by atoms with Gasteiger partial charge in [-0.25, -0.2) is 0 Å². The summed E-state index contributed by atoms with van der Waals surface area (Å²) in [5.74, 6) is 0.757. The molecule has 0 aromatic heterocycles. The maximum Gasteiger partial charge on any atom is 0.234 e. The lowest BCUT2D eigenvalue weighted by Gasteiger charge is -2.30. The molecule has 1 aromatic carbocycles.